The van der Waals surface area contributed by atoms with Gasteiger partial charge in [-0.25, -0.2) is 0 Å². The zero-order valence-corrected chi connectivity index (χ0v) is 14.9. The van der Waals surface area contributed by atoms with E-state index < -0.39 is 8.96 Å². The summed E-state index contributed by atoms with van der Waals surface area (Å²) in [5, 5.41) is 0. The summed E-state index contributed by atoms with van der Waals surface area (Å²) >= 11 is 0. The van der Waals surface area contributed by atoms with Crippen LogP contribution in [0.5, 0.6) is 0 Å². The van der Waals surface area contributed by atoms with Gasteiger partial charge in [0.25, 0.3) is 0 Å². The Hall–Kier alpha value is 0.177. The molecule has 0 radical (unpaired) electrons. The van der Waals surface area contributed by atoms with Crippen molar-refractivity contribution < 1.29 is 0 Å². The minimum Gasteiger partial charge on any atom is -0.339 e. The first kappa shape index (κ1) is 18.2. The molecule has 0 fully saturated rings. The largest absolute Gasteiger partial charge is 0.339 e. The van der Waals surface area contributed by atoms with E-state index in [9.17, 15) is 0 Å². The van der Waals surface area contributed by atoms with E-state index in [0.29, 0.717) is 0 Å². The highest BCUT2D eigenvalue weighted by Gasteiger charge is 2.24. The van der Waals surface area contributed by atoms with E-state index in [2.05, 4.69) is 46.1 Å². The summed E-state index contributed by atoms with van der Waals surface area (Å²) in [7, 11) is -0.748. The average Bonchev–Trinajstić information content (AvgIpc) is 2.26. The SMILES string of the molecule is CCCCCCCCN[SiH](C)C(C(C)C)C(C)C. The van der Waals surface area contributed by atoms with Crippen molar-refractivity contribution >= 4 is 8.96 Å². The lowest BCUT2D eigenvalue weighted by Crippen LogP contribution is -2.40. The Labute approximate surface area is 118 Å². The van der Waals surface area contributed by atoms with Gasteiger partial charge >= 0.3 is 0 Å². The minimum atomic E-state index is -0.748. The molecule has 0 aromatic heterocycles. The van der Waals surface area contributed by atoms with Crippen LogP contribution in [0.3, 0.4) is 0 Å². The van der Waals surface area contributed by atoms with Crippen LogP contribution >= 0.6 is 0 Å². The Balaban J connectivity index is 3.65. The number of rotatable bonds is 11. The van der Waals surface area contributed by atoms with Crippen LogP contribution < -0.4 is 4.98 Å². The van der Waals surface area contributed by atoms with E-state index in [0.717, 1.165) is 17.4 Å². The Morgan fingerprint density at radius 2 is 1.33 bits per heavy atom. The van der Waals surface area contributed by atoms with Crippen molar-refractivity contribution in [3.63, 3.8) is 0 Å². The van der Waals surface area contributed by atoms with Crippen LogP contribution in [0.2, 0.25) is 12.1 Å². The molecule has 1 unspecified atom stereocenters. The van der Waals surface area contributed by atoms with Crippen molar-refractivity contribution in [1.29, 1.82) is 0 Å². The highest BCUT2D eigenvalue weighted by Crippen LogP contribution is 2.28. The molecule has 0 spiro atoms. The summed E-state index contributed by atoms with van der Waals surface area (Å²) in [6, 6.07) is 0. The van der Waals surface area contributed by atoms with Gasteiger partial charge in [-0.05, 0) is 30.3 Å². The van der Waals surface area contributed by atoms with Crippen LogP contribution in [-0.2, 0) is 0 Å². The van der Waals surface area contributed by atoms with Crippen molar-refractivity contribution in [3.05, 3.63) is 0 Å². The number of hydrogen-bond donors (Lipinski definition) is 1. The first-order chi connectivity index (χ1) is 8.50. The van der Waals surface area contributed by atoms with Crippen molar-refractivity contribution in [2.24, 2.45) is 11.8 Å². The predicted octanol–water partition coefficient (Wildman–Crippen LogP) is 4.97. The fourth-order valence-electron chi connectivity index (χ4n) is 3.30. The second-order valence-electron chi connectivity index (χ2n) is 6.58. The first-order valence-corrected chi connectivity index (χ1v) is 10.6. The normalized spacial score (nSPS) is 13.8. The van der Waals surface area contributed by atoms with Crippen molar-refractivity contribution in [1.82, 2.24) is 4.98 Å². The monoisotopic (exact) mass is 271 g/mol. The van der Waals surface area contributed by atoms with Gasteiger partial charge in [-0.1, -0.05) is 73.3 Å². The Kier molecular flexibility index (Phi) is 11.1. The Bertz CT molecular complexity index is 172. The first-order valence-electron chi connectivity index (χ1n) is 8.24. The Morgan fingerprint density at radius 1 is 0.833 bits per heavy atom. The predicted molar refractivity (Wildman–Crippen MR) is 87.8 cm³/mol. The van der Waals surface area contributed by atoms with Crippen LogP contribution in [0.25, 0.3) is 0 Å². The molecule has 0 amide bonds. The minimum absolute atomic E-state index is 0.748. The maximum Gasteiger partial charge on any atom is 0.109 e. The third-order valence-electron chi connectivity index (χ3n) is 4.11. The topological polar surface area (TPSA) is 12.0 Å². The molecule has 0 aromatic rings. The molecule has 110 valence electrons. The fourth-order valence-corrected chi connectivity index (χ4v) is 6.54. The Morgan fingerprint density at radius 3 is 1.83 bits per heavy atom. The highest BCUT2D eigenvalue weighted by molar-refractivity contribution is 6.56. The zero-order chi connectivity index (χ0) is 14.0. The summed E-state index contributed by atoms with van der Waals surface area (Å²) < 4.78 is 0. The van der Waals surface area contributed by atoms with Crippen LogP contribution in [0, 0.1) is 11.8 Å². The van der Waals surface area contributed by atoms with Gasteiger partial charge in [-0.3, -0.25) is 0 Å². The maximum absolute atomic E-state index is 3.88. The molecule has 0 saturated heterocycles. The van der Waals surface area contributed by atoms with Crippen molar-refractivity contribution in [2.75, 3.05) is 6.54 Å². The molecule has 0 aromatic carbocycles. The lowest BCUT2D eigenvalue weighted by atomic mass is 10.00. The quantitative estimate of drug-likeness (QED) is 0.413. The van der Waals surface area contributed by atoms with Crippen LogP contribution in [0.4, 0.5) is 0 Å². The van der Waals surface area contributed by atoms with Crippen molar-refractivity contribution in [2.45, 2.75) is 85.2 Å². The molecule has 1 nitrogen and oxygen atoms in total. The number of unbranched alkanes of at least 4 members (excludes halogenated alkanes) is 5. The van der Waals surface area contributed by atoms with Gasteiger partial charge in [0.1, 0.15) is 8.96 Å². The van der Waals surface area contributed by atoms with Crippen LogP contribution in [-0.4, -0.2) is 15.5 Å². The standard InChI is InChI=1S/C16H37NSi/c1-7-8-9-10-11-12-13-17-18(6)16(14(2)3)15(4)5/h14-18H,7-13H2,1-6H3. The van der Waals surface area contributed by atoms with Crippen LogP contribution in [0.1, 0.15) is 73.1 Å². The lowest BCUT2D eigenvalue weighted by molar-refractivity contribution is 0.453. The van der Waals surface area contributed by atoms with E-state index in [4.69, 9.17) is 0 Å². The van der Waals surface area contributed by atoms with Crippen molar-refractivity contribution in [3.8, 4) is 0 Å². The highest BCUT2D eigenvalue weighted by atomic mass is 28.3. The molecule has 0 saturated carbocycles. The second-order valence-corrected chi connectivity index (χ2v) is 9.33. The van der Waals surface area contributed by atoms with Gasteiger partial charge in [-0.2, -0.15) is 0 Å². The smallest absolute Gasteiger partial charge is 0.109 e. The van der Waals surface area contributed by atoms with Gasteiger partial charge in [0.2, 0.25) is 0 Å². The molecular weight excluding hydrogens is 234 g/mol. The molecule has 18 heavy (non-hydrogen) atoms. The summed E-state index contributed by atoms with van der Waals surface area (Å²) in [5.41, 5.74) is 0.935. The summed E-state index contributed by atoms with van der Waals surface area (Å²) in [4.78, 5) is 3.88. The molecule has 2 heteroatoms. The molecule has 0 aliphatic heterocycles. The lowest BCUT2D eigenvalue weighted by Gasteiger charge is -2.30. The van der Waals surface area contributed by atoms with E-state index in [1.165, 1.54) is 45.1 Å². The van der Waals surface area contributed by atoms with E-state index in [1.54, 1.807) is 0 Å². The molecule has 0 rings (SSSR count). The number of hydrogen-bond acceptors (Lipinski definition) is 1. The third kappa shape index (κ3) is 8.31. The van der Waals surface area contributed by atoms with Gasteiger partial charge in [0, 0.05) is 0 Å². The van der Waals surface area contributed by atoms with Gasteiger partial charge in [0.05, 0.1) is 0 Å². The third-order valence-corrected chi connectivity index (χ3v) is 7.74. The molecule has 0 heterocycles. The molecule has 1 atom stereocenters. The van der Waals surface area contributed by atoms with Gasteiger partial charge < -0.3 is 4.98 Å². The van der Waals surface area contributed by atoms with E-state index >= 15 is 0 Å². The second kappa shape index (κ2) is 11.0. The summed E-state index contributed by atoms with van der Waals surface area (Å²) in [6.45, 7) is 15.6. The zero-order valence-electron chi connectivity index (χ0n) is 13.8. The molecule has 1 N–H and O–H groups in total. The maximum atomic E-state index is 3.88. The van der Waals surface area contributed by atoms with Gasteiger partial charge in [0.15, 0.2) is 0 Å². The summed E-state index contributed by atoms with van der Waals surface area (Å²) in [6.07, 6.45) is 8.44. The fraction of sp³-hybridized carbons (Fsp3) is 1.00. The molecule has 0 aliphatic rings. The van der Waals surface area contributed by atoms with Crippen LogP contribution in [0.15, 0.2) is 0 Å². The van der Waals surface area contributed by atoms with Gasteiger partial charge in [-0.15, -0.1) is 0 Å². The average molecular weight is 272 g/mol. The van der Waals surface area contributed by atoms with E-state index in [-0.39, 0.29) is 0 Å². The number of nitrogens with one attached hydrogen (secondary N) is 1. The molecule has 0 aliphatic carbocycles. The molecular formula is C16H37NSi. The van der Waals surface area contributed by atoms with E-state index in [1.807, 2.05) is 0 Å². The molecule has 0 bridgehead atoms. The summed E-state index contributed by atoms with van der Waals surface area (Å²) in [5.74, 6) is 1.67.